The third-order valence-electron chi connectivity index (χ3n) is 2.80. The van der Waals surface area contributed by atoms with Crippen molar-refractivity contribution in [3.63, 3.8) is 0 Å². The third-order valence-corrected chi connectivity index (χ3v) is 2.80. The molecule has 0 spiro atoms. The lowest BCUT2D eigenvalue weighted by Crippen LogP contribution is -2.17. The van der Waals surface area contributed by atoms with Gasteiger partial charge >= 0.3 is 5.69 Å². The normalized spacial score (nSPS) is 10.7. The summed E-state index contributed by atoms with van der Waals surface area (Å²) in [6.45, 7) is 3.35. The number of nitro benzene ring substituents is 1. The minimum atomic E-state index is -0.831. The molecule has 0 aliphatic carbocycles. The molecule has 0 radical (unpaired) electrons. The molecule has 1 aromatic heterocycles. The first-order valence-corrected chi connectivity index (χ1v) is 6.12. The number of halogens is 1. The first-order chi connectivity index (χ1) is 9.63. The summed E-state index contributed by atoms with van der Waals surface area (Å²) in [6, 6.07) is 4.10. The SMILES string of the molecule is CCNCc1ncnn1Cc1cccc([N+](=O)[O-])c1F. The molecule has 2 aromatic rings. The van der Waals surface area contributed by atoms with E-state index in [9.17, 15) is 14.5 Å². The Morgan fingerprint density at radius 3 is 3.00 bits per heavy atom. The molecule has 1 heterocycles. The van der Waals surface area contributed by atoms with Gasteiger partial charge in [0.1, 0.15) is 12.2 Å². The van der Waals surface area contributed by atoms with Gasteiger partial charge in [-0.05, 0) is 6.54 Å². The van der Waals surface area contributed by atoms with Crippen LogP contribution in [-0.4, -0.2) is 26.2 Å². The molecule has 8 heteroatoms. The van der Waals surface area contributed by atoms with Gasteiger partial charge in [-0.1, -0.05) is 19.1 Å². The number of nitrogens with zero attached hydrogens (tertiary/aromatic N) is 4. The van der Waals surface area contributed by atoms with Crippen LogP contribution in [0.25, 0.3) is 0 Å². The van der Waals surface area contributed by atoms with E-state index in [0.29, 0.717) is 12.4 Å². The molecular formula is C12H14FN5O2. The van der Waals surface area contributed by atoms with E-state index < -0.39 is 16.4 Å². The maximum atomic E-state index is 14.0. The number of benzene rings is 1. The second-order valence-corrected chi connectivity index (χ2v) is 4.12. The fourth-order valence-electron chi connectivity index (χ4n) is 1.78. The number of hydrogen-bond donors (Lipinski definition) is 1. The van der Waals surface area contributed by atoms with Crippen LogP contribution in [-0.2, 0) is 13.1 Å². The molecule has 106 valence electrons. The molecule has 20 heavy (non-hydrogen) atoms. The zero-order valence-electron chi connectivity index (χ0n) is 10.9. The smallest absolute Gasteiger partial charge is 0.305 e. The van der Waals surface area contributed by atoms with Gasteiger partial charge in [-0.15, -0.1) is 0 Å². The Kier molecular flexibility index (Phi) is 4.36. The molecule has 1 aromatic carbocycles. The zero-order chi connectivity index (χ0) is 14.5. The third kappa shape index (κ3) is 2.97. The lowest BCUT2D eigenvalue weighted by atomic mass is 10.2. The van der Waals surface area contributed by atoms with E-state index in [2.05, 4.69) is 15.4 Å². The molecule has 0 saturated heterocycles. The molecule has 1 N–H and O–H groups in total. The van der Waals surface area contributed by atoms with Crippen molar-refractivity contribution in [2.45, 2.75) is 20.0 Å². The molecule has 0 bridgehead atoms. The minimum Gasteiger partial charge on any atom is -0.310 e. The number of hydrogen-bond acceptors (Lipinski definition) is 5. The predicted molar refractivity (Wildman–Crippen MR) is 69.6 cm³/mol. The van der Waals surface area contributed by atoms with Gasteiger partial charge < -0.3 is 5.32 Å². The van der Waals surface area contributed by atoms with Gasteiger partial charge in [-0.2, -0.15) is 9.49 Å². The van der Waals surface area contributed by atoms with Crippen LogP contribution in [0.3, 0.4) is 0 Å². The summed E-state index contributed by atoms with van der Waals surface area (Å²) < 4.78 is 15.5. The van der Waals surface area contributed by atoms with Crippen molar-refractivity contribution < 1.29 is 9.31 Å². The van der Waals surface area contributed by atoms with Gasteiger partial charge in [-0.25, -0.2) is 9.67 Å². The van der Waals surface area contributed by atoms with Crippen molar-refractivity contribution >= 4 is 5.69 Å². The molecule has 0 saturated carbocycles. The van der Waals surface area contributed by atoms with E-state index in [0.717, 1.165) is 12.6 Å². The number of nitro groups is 1. The summed E-state index contributed by atoms with van der Waals surface area (Å²) in [5, 5.41) is 17.8. The average molecular weight is 279 g/mol. The minimum absolute atomic E-state index is 0.105. The van der Waals surface area contributed by atoms with Crippen LogP contribution in [0.1, 0.15) is 18.3 Å². The van der Waals surface area contributed by atoms with Crippen LogP contribution in [0.2, 0.25) is 0 Å². The summed E-state index contributed by atoms with van der Waals surface area (Å²) in [7, 11) is 0. The Hall–Kier alpha value is -2.35. The van der Waals surface area contributed by atoms with Crippen molar-refractivity contribution in [2.75, 3.05) is 6.54 Å². The van der Waals surface area contributed by atoms with Crippen LogP contribution in [0.15, 0.2) is 24.5 Å². The van der Waals surface area contributed by atoms with Crippen LogP contribution in [0.5, 0.6) is 0 Å². The Morgan fingerprint density at radius 2 is 2.30 bits per heavy atom. The standard InChI is InChI=1S/C12H14FN5O2/c1-2-14-6-11-15-8-16-17(11)7-9-4-3-5-10(12(9)13)18(19)20/h3-5,8,14H,2,6-7H2,1H3. The average Bonchev–Trinajstić information content (AvgIpc) is 2.85. The molecule has 2 rings (SSSR count). The maximum Gasteiger partial charge on any atom is 0.305 e. The summed E-state index contributed by atoms with van der Waals surface area (Å²) >= 11 is 0. The number of aromatic nitrogens is 3. The predicted octanol–water partition coefficient (Wildman–Crippen LogP) is 1.48. The fourth-order valence-corrected chi connectivity index (χ4v) is 1.78. The van der Waals surface area contributed by atoms with E-state index >= 15 is 0 Å². The topological polar surface area (TPSA) is 85.9 Å². The lowest BCUT2D eigenvalue weighted by Gasteiger charge is -2.07. The Labute approximate surface area is 114 Å². The van der Waals surface area contributed by atoms with Crippen molar-refractivity contribution in [3.05, 3.63) is 51.8 Å². The highest BCUT2D eigenvalue weighted by molar-refractivity contribution is 5.36. The van der Waals surface area contributed by atoms with E-state index in [1.54, 1.807) is 0 Å². The van der Waals surface area contributed by atoms with E-state index in [-0.39, 0.29) is 12.1 Å². The molecule has 0 aliphatic rings. The van der Waals surface area contributed by atoms with Crippen molar-refractivity contribution in [3.8, 4) is 0 Å². The maximum absolute atomic E-state index is 14.0. The van der Waals surface area contributed by atoms with E-state index in [1.807, 2.05) is 6.92 Å². The first kappa shape index (κ1) is 14.1. The van der Waals surface area contributed by atoms with Crippen LogP contribution >= 0.6 is 0 Å². The lowest BCUT2D eigenvalue weighted by molar-refractivity contribution is -0.387. The molecule has 0 aliphatic heterocycles. The Morgan fingerprint density at radius 1 is 1.50 bits per heavy atom. The number of rotatable bonds is 6. The Balaban J connectivity index is 2.24. The molecule has 0 unspecified atom stereocenters. The van der Waals surface area contributed by atoms with Gasteiger partial charge in [0, 0.05) is 11.6 Å². The summed E-state index contributed by atoms with van der Waals surface area (Å²) in [4.78, 5) is 14.0. The fraction of sp³-hybridized carbons (Fsp3) is 0.333. The number of nitrogens with one attached hydrogen (secondary N) is 1. The molecule has 0 amide bonds. The quantitative estimate of drug-likeness (QED) is 0.639. The molecule has 0 fully saturated rings. The van der Waals surface area contributed by atoms with Crippen molar-refractivity contribution in [1.29, 1.82) is 0 Å². The van der Waals surface area contributed by atoms with Crippen LogP contribution in [0, 0.1) is 15.9 Å². The summed E-state index contributed by atoms with van der Waals surface area (Å²) in [6.07, 6.45) is 1.38. The van der Waals surface area contributed by atoms with Gasteiger partial charge in [0.15, 0.2) is 0 Å². The van der Waals surface area contributed by atoms with Crippen molar-refractivity contribution in [2.24, 2.45) is 0 Å². The van der Waals surface area contributed by atoms with Gasteiger partial charge in [0.25, 0.3) is 0 Å². The highest BCUT2D eigenvalue weighted by Gasteiger charge is 2.18. The van der Waals surface area contributed by atoms with Crippen LogP contribution in [0.4, 0.5) is 10.1 Å². The Bertz CT molecular complexity index is 614. The van der Waals surface area contributed by atoms with Crippen LogP contribution < -0.4 is 5.32 Å². The van der Waals surface area contributed by atoms with Gasteiger partial charge in [0.05, 0.1) is 18.0 Å². The first-order valence-electron chi connectivity index (χ1n) is 6.12. The summed E-state index contributed by atoms with van der Waals surface area (Å²) in [5.41, 5.74) is -0.321. The van der Waals surface area contributed by atoms with E-state index in [1.165, 1.54) is 23.1 Å². The second kappa shape index (κ2) is 6.20. The monoisotopic (exact) mass is 279 g/mol. The molecular weight excluding hydrogens is 265 g/mol. The van der Waals surface area contributed by atoms with Gasteiger partial charge in [-0.3, -0.25) is 10.1 Å². The highest BCUT2D eigenvalue weighted by Crippen LogP contribution is 2.20. The van der Waals surface area contributed by atoms with Crippen molar-refractivity contribution in [1.82, 2.24) is 20.1 Å². The zero-order valence-corrected chi connectivity index (χ0v) is 10.9. The second-order valence-electron chi connectivity index (χ2n) is 4.12. The van der Waals surface area contributed by atoms with Gasteiger partial charge in [0.2, 0.25) is 5.82 Å². The summed E-state index contributed by atoms with van der Waals surface area (Å²) in [5.74, 6) is -0.180. The highest BCUT2D eigenvalue weighted by atomic mass is 19.1. The molecule has 7 nitrogen and oxygen atoms in total. The molecule has 0 atom stereocenters. The largest absolute Gasteiger partial charge is 0.310 e. The van der Waals surface area contributed by atoms with E-state index in [4.69, 9.17) is 0 Å².